The van der Waals surface area contributed by atoms with Crippen LogP contribution in [0.2, 0.25) is 0 Å². The molecule has 28 heavy (non-hydrogen) atoms. The molecule has 1 aromatic carbocycles. The van der Waals surface area contributed by atoms with E-state index in [0.29, 0.717) is 17.2 Å². The summed E-state index contributed by atoms with van der Waals surface area (Å²) in [5.41, 5.74) is 13.1. The van der Waals surface area contributed by atoms with Gasteiger partial charge in [-0.2, -0.15) is 0 Å². The summed E-state index contributed by atoms with van der Waals surface area (Å²) >= 11 is 1.65. The van der Waals surface area contributed by atoms with Gasteiger partial charge in [-0.3, -0.25) is 0 Å². The highest BCUT2D eigenvalue weighted by molar-refractivity contribution is 7.09. The lowest BCUT2D eigenvalue weighted by Crippen LogP contribution is -1.99. The van der Waals surface area contributed by atoms with Crippen molar-refractivity contribution in [2.75, 3.05) is 5.73 Å². The molecule has 0 bridgehead atoms. The Kier molecular flexibility index (Phi) is 4.76. The molecule has 4 aromatic rings. The van der Waals surface area contributed by atoms with E-state index in [1.54, 1.807) is 11.3 Å². The molecule has 1 atom stereocenters. The van der Waals surface area contributed by atoms with Crippen LogP contribution in [0.5, 0.6) is 0 Å². The summed E-state index contributed by atoms with van der Waals surface area (Å²) < 4.78 is 0. The lowest BCUT2D eigenvalue weighted by molar-refractivity contribution is 1.00. The van der Waals surface area contributed by atoms with E-state index in [9.17, 15) is 0 Å². The first-order valence-electron chi connectivity index (χ1n) is 8.94. The Morgan fingerprint density at radius 3 is 2.71 bits per heavy atom. The van der Waals surface area contributed by atoms with Gasteiger partial charge in [-0.1, -0.05) is 24.0 Å². The molecule has 0 amide bonds. The average molecular weight is 385 g/mol. The van der Waals surface area contributed by atoms with Gasteiger partial charge in [-0.25, -0.2) is 19.9 Å². The topological polar surface area (TPSA) is 77.6 Å². The molecular formula is C22H19N5S. The Labute approximate surface area is 167 Å². The molecule has 3 aromatic heterocycles. The van der Waals surface area contributed by atoms with Crippen molar-refractivity contribution in [1.29, 1.82) is 0 Å². The van der Waals surface area contributed by atoms with Crippen molar-refractivity contribution < 1.29 is 0 Å². The Morgan fingerprint density at radius 1 is 1.07 bits per heavy atom. The fourth-order valence-electron chi connectivity index (χ4n) is 3.06. The first kappa shape index (κ1) is 18.1. The van der Waals surface area contributed by atoms with Gasteiger partial charge in [-0.05, 0) is 45.0 Å². The molecule has 0 spiro atoms. The summed E-state index contributed by atoms with van der Waals surface area (Å²) in [6.07, 6.45) is 0. The maximum absolute atomic E-state index is 6.03. The van der Waals surface area contributed by atoms with Crippen LogP contribution < -0.4 is 5.73 Å². The summed E-state index contributed by atoms with van der Waals surface area (Å²) in [6, 6.07) is 11.9. The zero-order valence-corrected chi connectivity index (χ0v) is 16.7. The molecule has 3 heterocycles. The number of benzene rings is 1. The summed E-state index contributed by atoms with van der Waals surface area (Å²) in [4.78, 5) is 18.8. The van der Waals surface area contributed by atoms with Gasteiger partial charge in [0.1, 0.15) is 11.3 Å². The summed E-state index contributed by atoms with van der Waals surface area (Å²) in [7, 11) is 0. The van der Waals surface area contributed by atoms with Gasteiger partial charge < -0.3 is 5.73 Å². The summed E-state index contributed by atoms with van der Waals surface area (Å²) in [5, 5.41) is 0. The summed E-state index contributed by atoms with van der Waals surface area (Å²) in [6.45, 7) is 5.94. The number of pyridine rings is 1. The van der Waals surface area contributed by atoms with Crippen molar-refractivity contribution >= 4 is 28.2 Å². The van der Waals surface area contributed by atoms with E-state index in [4.69, 9.17) is 5.73 Å². The molecule has 0 saturated carbocycles. The first-order valence-corrected chi connectivity index (χ1v) is 9.82. The van der Waals surface area contributed by atoms with Crippen LogP contribution in [0.3, 0.4) is 0 Å². The lowest BCUT2D eigenvalue weighted by atomic mass is 10.1. The molecule has 0 unspecified atom stereocenters. The zero-order chi connectivity index (χ0) is 19.7. The normalized spacial score (nSPS) is 11.8. The van der Waals surface area contributed by atoms with E-state index in [2.05, 4.69) is 38.7 Å². The van der Waals surface area contributed by atoms with Crippen LogP contribution in [-0.4, -0.2) is 19.9 Å². The predicted octanol–water partition coefficient (Wildman–Crippen LogP) is 4.50. The number of nitrogens with zero attached hydrogens (tertiary/aromatic N) is 4. The molecule has 0 saturated heterocycles. The van der Waals surface area contributed by atoms with Crippen LogP contribution >= 0.6 is 11.3 Å². The molecule has 2 N–H and O–H groups in total. The van der Waals surface area contributed by atoms with Gasteiger partial charge in [0.15, 0.2) is 5.82 Å². The number of hydrogen-bond donors (Lipinski definition) is 1. The minimum atomic E-state index is 0.148. The van der Waals surface area contributed by atoms with Crippen LogP contribution in [-0.2, 0) is 0 Å². The van der Waals surface area contributed by atoms with Gasteiger partial charge in [0.25, 0.3) is 0 Å². The second-order valence-corrected chi connectivity index (χ2v) is 7.48. The van der Waals surface area contributed by atoms with Gasteiger partial charge in [0.05, 0.1) is 28.3 Å². The van der Waals surface area contributed by atoms with Crippen LogP contribution in [0.1, 0.15) is 34.8 Å². The molecule has 138 valence electrons. The van der Waals surface area contributed by atoms with E-state index < -0.39 is 0 Å². The second kappa shape index (κ2) is 7.37. The second-order valence-electron chi connectivity index (χ2n) is 6.59. The fourth-order valence-corrected chi connectivity index (χ4v) is 3.87. The molecular weight excluding hydrogens is 366 g/mol. The molecule has 0 aliphatic carbocycles. The Hall–Kier alpha value is -3.30. The number of thiazole rings is 1. The largest absolute Gasteiger partial charge is 0.382 e. The highest BCUT2D eigenvalue weighted by Gasteiger charge is 2.09. The minimum absolute atomic E-state index is 0.148. The molecule has 0 fully saturated rings. The highest BCUT2D eigenvalue weighted by Crippen LogP contribution is 2.24. The number of anilines is 1. The Bertz CT molecular complexity index is 1230. The van der Waals surface area contributed by atoms with E-state index in [1.165, 1.54) is 4.88 Å². The number of nitrogens with two attached hydrogens (primary N) is 1. The van der Waals surface area contributed by atoms with Gasteiger partial charge in [0, 0.05) is 16.0 Å². The van der Waals surface area contributed by atoms with Gasteiger partial charge in [-0.15, -0.1) is 11.3 Å². The quantitative estimate of drug-likeness (QED) is 0.514. The lowest BCUT2D eigenvalue weighted by Gasteiger charge is -2.06. The monoisotopic (exact) mass is 385 g/mol. The van der Waals surface area contributed by atoms with Crippen molar-refractivity contribution in [2.24, 2.45) is 0 Å². The summed E-state index contributed by atoms with van der Waals surface area (Å²) in [5.74, 6) is 7.79. The predicted molar refractivity (Wildman–Crippen MR) is 114 cm³/mol. The van der Waals surface area contributed by atoms with Crippen molar-refractivity contribution in [1.82, 2.24) is 19.9 Å². The molecule has 0 aliphatic heterocycles. The smallest absolute Gasteiger partial charge is 0.153 e. The van der Waals surface area contributed by atoms with Crippen LogP contribution in [0.15, 0.2) is 41.9 Å². The van der Waals surface area contributed by atoms with Crippen LogP contribution in [0.25, 0.3) is 22.3 Å². The Morgan fingerprint density at radius 2 is 1.93 bits per heavy atom. The van der Waals surface area contributed by atoms with E-state index in [1.807, 2.05) is 55.8 Å². The third kappa shape index (κ3) is 3.57. The highest BCUT2D eigenvalue weighted by atomic mass is 32.1. The number of aromatic nitrogens is 4. The van der Waals surface area contributed by atoms with Gasteiger partial charge >= 0.3 is 0 Å². The third-order valence-electron chi connectivity index (χ3n) is 4.45. The number of hydrogen-bond acceptors (Lipinski definition) is 6. The van der Waals surface area contributed by atoms with E-state index in [-0.39, 0.29) is 5.92 Å². The van der Waals surface area contributed by atoms with Gasteiger partial charge in [0.2, 0.25) is 0 Å². The number of nitrogen functional groups attached to an aromatic ring is 1. The number of rotatable bonds is 2. The number of aryl methyl sites for hydroxylation is 2. The van der Waals surface area contributed by atoms with Crippen molar-refractivity contribution in [3.63, 3.8) is 0 Å². The van der Waals surface area contributed by atoms with Crippen molar-refractivity contribution in [3.05, 3.63) is 63.9 Å². The van der Waals surface area contributed by atoms with E-state index >= 15 is 0 Å². The molecule has 0 aliphatic rings. The van der Waals surface area contributed by atoms with Crippen LogP contribution in [0.4, 0.5) is 5.82 Å². The molecule has 6 heteroatoms. The van der Waals surface area contributed by atoms with Crippen molar-refractivity contribution in [3.8, 4) is 23.1 Å². The molecule has 5 nitrogen and oxygen atoms in total. The third-order valence-corrected chi connectivity index (χ3v) is 5.56. The number of fused-ring (bicyclic) bond motifs is 1. The minimum Gasteiger partial charge on any atom is -0.382 e. The first-order chi connectivity index (χ1) is 13.5. The SMILES string of the molecule is Cc1nc(N)c2nc(-c3cccc(C#C[C@H](C)c4scnc4C)c3)ccc2n1. The maximum Gasteiger partial charge on any atom is 0.153 e. The Balaban J connectivity index is 1.67. The zero-order valence-electron chi connectivity index (χ0n) is 15.9. The molecule has 0 radical (unpaired) electrons. The standard InChI is InChI=1S/C22H19N5S/c1-13(21-14(2)24-12-28-21)7-8-16-5-4-6-17(11-16)18-9-10-19-20(27-18)22(23)26-15(3)25-19/h4-6,9-13H,1-3H3,(H2,23,25,26)/t13-/m0/s1. The maximum atomic E-state index is 6.03. The fraction of sp³-hybridized carbons (Fsp3) is 0.182. The van der Waals surface area contributed by atoms with Crippen LogP contribution in [0, 0.1) is 25.7 Å². The van der Waals surface area contributed by atoms with Crippen molar-refractivity contribution in [2.45, 2.75) is 26.7 Å². The molecule has 4 rings (SSSR count). The van der Waals surface area contributed by atoms with E-state index in [0.717, 1.165) is 28.0 Å². The average Bonchev–Trinajstić information content (AvgIpc) is 3.12.